The van der Waals surface area contributed by atoms with Crippen molar-refractivity contribution in [3.05, 3.63) is 0 Å². The van der Waals surface area contributed by atoms with Gasteiger partial charge in [-0.05, 0) is 25.9 Å². The van der Waals surface area contributed by atoms with E-state index in [1.165, 1.54) is 18.6 Å². The van der Waals surface area contributed by atoms with Gasteiger partial charge in [0.05, 0.1) is 6.61 Å². The molecule has 0 bridgehead atoms. The third-order valence-corrected chi connectivity index (χ3v) is 3.60. The Morgan fingerprint density at radius 2 is 2.10 bits per heavy atom. The maximum absolute atomic E-state index is 5.70. The van der Waals surface area contributed by atoms with E-state index in [0.717, 1.165) is 19.7 Å². The van der Waals surface area contributed by atoms with Gasteiger partial charge in [0, 0.05) is 5.75 Å². The Hall–Kier alpha value is 0.270. The zero-order valence-electron chi connectivity index (χ0n) is 6.06. The fourth-order valence-electron chi connectivity index (χ4n) is 1.59. The van der Waals surface area contributed by atoms with Gasteiger partial charge in [-0.3, -0.25) is 0 Å². The van der Waals surface area contributed by atoms with Crippen molar-refractivity contribution in [2.45, 2.75) is 17.8 Å². The van der Waals surface area contributed by atoms with Crippen molar-refractivity contribution in [3.63, 3.8) is 0 Å². The third kappa shape index (κ3) is 1.18. The van der Waals surface area contributed by atoms with Crippen molar-refractivity contribution < 1.29 is 4.74 Å². The van der Waals surface area contributed by atoms with Crippen molar-refractivity contribution in [2.24, 2.45) is 0 Å². The van der Waals surface area contributed by atoms with Gasteiger partial charge in [0.2, 0.25) is 0 Å². The summed E-state index contributed by atoms with van der Waals surface area (Å²) in [5, 5.41) is 3.34. The molecule has 1 N–H and O–H groups in total. The molecule has 2 nitrogen and oxygen atoms in total. The maximum Gasteiger partial charge on any atom is 0.116 e. The topological polar surface area (TPSA) is 21.3 Å². The molecule has 0 unspecified atom stereocenters. The van der Waals surface area contributed by atoms with E-state index in [9.17, 15) is 0 Å². The minimum Gasteiger partial charge on any atom is -0.363 e. The molecular formula is C7H13NOS. The average Bonchev–Trinajstić information content (AvgIpc) is 2.39. The standard InChI is InChI=1S/C7H13NOS/c1-3-8-4-2-7(1)9-5-6-10-7/h8H,1-6H2. The van der Waals surface area contributed by atoms with Crippen LogP contribution in [-0.4, -0.2) is 30.4 Å². The first-order chi connectivity index (χ1) is 4.91. The van der Waals surface area contributed by atoms with Crippen molar-refractivity contribution in [1.29, 1.82) is 0 Å². The van der Waals surface area contributed by atoms with Gasteiger partial charge in [0.15, 0.2) is 0 Å². The highest BCUT2D eigenvalue weighted by Gasteiger charge is 2.36. The van der Waals surface area contributed by atoms with Gasteiger partial charge >= 0.3 is 0 Å². The number of nitrogens with one attached hydrogen (secondary N) is 1. The molecule has 0 radical (unpaired) electrons. The Labute approximate surface area is 65.7 Å². The Kier molecular flexibility index (Phi) is 1.89. The quantitative estimate of drug-likeness (QED) is 0.565. The molecule has 2 aliphatic rings. The van der Waals surface area contributed by atoms with E-state index in [1.807, 2.05) is 11.8 Å². The van der Waals surface area contributed by atoms with E-state index in [4.69, 9.17) is 4.74 Å². The molecule has 10 heavy (non-hydrogen) atoms. The maximum atomic E-state index is 5.70. The first-order valence-corrected chi connectivity index (χ1v) is 4.89. The minimum atomic E-state index is 0.227. The van der Waals surface area contributed by atoms with Crippen LogP contribution < -0.4 is 5.32 Å². The summed E-state index contributed by atoms with van der Waals surface area (Å²) in [5.74, 6) is 1.19. The smallest absolute Gasteiger partial charge is 0.116 e. The molecule has 0 atom stereocenters. The molecule has 0 aliphatic carbocycles. The molecule has 0 saturated carbocycles. The summed E-state index contributed by atoms with van der Waals surface area (Å²) in [5.41, 5.74) is 0. The summed E-state index contributed by atoms with van der Waals surface area (Å²) in [4.78, 5) is 0.227. The van der Waals surface area contributed by atoms with Crippen molar-refractivity contribution in [1.82, 2.24) is 5.32 Å². The number of ether oxygens (including phenoxy) is 1. The molecule has 58 valence electrons. The van der Waals surface area contributed by atoms with Crippen LogP contribution in [0, 0.1) is 0 Å². The number of piperidine rings is 1. The SMILES string of the molecule is C1CC2(CCN1)OCCS2. The average molecular weight is 159 g/mol. The molecule has 2 fully saturated rings. The second-order valence-electron chi connectivity index (χ2n) is 2.86. The van der Waals surface area contributed by atoms with Crippen LogP contribution in [0.4, 0.5) is 0 Å². The van der Waals surface area contributed by atoms with Gasteiger partial charge in [-0.25, -0.2) is 0 Å². The van der Waals surface area contributed by atoms with Crippen LogP contribution in [0.1, 0.15) is 12.8 Å². The van der Waals surface area contributed by atoms with Gasteiger partial charge in [0.25, 0.3) is 0 Å². The summed E-state index contributed by atoms with van der Waals surface area (Å²) >= 11 is 2.00. The number of rotatable bonds is 0. The summed E-state index contributed by atoms with van der Waals surface area (Å²) < 4.78 is 5.70. The molecule has 3 heteroatoms. The van der Waals surface area contributed by atoms with E-state index < -0.39 is 0 Å². The molecule has 0 amide bonds. The third-order valence-electron chi connectivity index (χ3n) is 2.18. The monoisotopic (exact) mass is 159 g/mol. The van der Waals surface area contributed by atoms with E-state index in [1.54, 1.807) is 0 Å². The second-order valence-corrected chi connectivity index (χ2v) is 4.30. The van der Waals surface area contributed by atoms with Crippen LogP contribution in [0.3, 0.4) is 0 Å². The summed E-state index contributed by atoms with van der Waals surface area (Å²) in [6.45, 7) is 3.23. The zero-order chi connectivity index (χ0) is 6.86. The lowest BCUT2D eigenvalue weighted by molar-refractivity contribution is 0.0290. The lowest BCUT2D eigenvalue weighted by atomic mass is 10.1. The van der Waals surface area contributed by atoms with Crippen LogP contribution in [0.2, 0.25) is 0 Å². The Balaban J connectivity index is 1.98. The normalized spacial score (nSPS) is 31.2. The van der Waals surface area contributed by atoms with Crippen molar-refractivity contribution in [2.75, 3.05) is 25.4 Å². The summed E-state index contributed by atoms with van der Waals surface area (Å²) in [6.07, 6.45) is 2.38. The second kappa shape index (κ2) is 2.72. The van der Waals surface area contributed by atoms with Crippen molar-refractivity contribution in [3.8, 4) is 0 Å². The Morgan fingerprint density at radius 1 is 1.30 bits per heavy atom. The predicted molar refractivity (Wildman–Crippen MR) is 43.2 cm³/mol. The Bertz CT molecular complexity index is 115. The van der Waals surface area contributed by atoms with E-state index >= 15 is 0 Å². The lowest BCUT2D eigenvalue weighted by Gasteiger charge is -2.31. The first-order valence-electron chi connectivity index (χ1n) is 3.90. The fourth-order valence-corrected chi connectivity index (χ4v) is 2.79. The van der Waals surface area contributed by atoms with Gasteiger partial charge in [0.1, 0.15) is 4.93 Å². The van der Waals surface area contributed by atoms with Gasteiger partial charge < -0.3 is 10.1 Å². The largest absolute Gasteiger partial charge is 0.363 e. The molecule has 0 aromatic rings. The predicted octanol–water partition coefficient (Wildman–Crippen LogP) is 0.829. The highest BCUT2D eigenvalue weighted by molar-refractivity contribution is 8.00. The molecule has 0 aromatic carbocycles. The van der Waals surface area contributed by atoms with E-state index in [2.05, 4.69) is 5.32 Å². The summed E-state index contributed by atoms with van der Waals surface area (Å²) in [6, 6.07) is 0. The molecule has 2 saturated heterocycles. The fraction of sp³-hybridized carbons (Fsp3) is 1.00. The number of thioether (sulfide) groups is 1. The van der Waals surface area contributed by atoms with E-state index in [0.29, 0.717) is 0 Å². The Morgan fingerprint density at radius 3 is 2.70 bits per heavy atom. The molecular weight excluding hydrogens is 146 g/mol. The molecule has 0 aromatic heterocycles. The molecule has 1 spiro atoms. The summed E-state index contributed by atoms with van der Waals surface area (Å²) in [7, 11) is 0. The van der Waals surface area contributed by atoms with Crippen LogP contribution in [0.15, 0.2) is 0 Å². The molecule has 2 aliphatic heterocycles. The van der Waals surface area contributed by atoms with Crippen LogP contribution in [0.25, 0.3) is 0 Å². The van der Waals surface area contributed by atoms with Crippen LogP contribution in [0.5, 0.6) is 0 Å². The first kappa shape index (κ1) is 6.95. The van der Waals surface area contributed by atoms with Gasteiger partial charge in [-0.2, -0.15) is 0 Å². The zero-order valence-corrected chi connectivity index (χ0v) is 6.88. The van der Waals surface area contributed by atoms with Crippen molar-refractivity contribution >= 4 is 11.8 Å². The van der Waals surface area contributed by atoms with Crippen LogP contribution in [-0.2, 0) is 4.74 Å². The van der Waals surface area contributed by atoms with Crippen LogP contribution >= 0.6 is 11.8 Å². The number of hydrogen-bond acceptors (Lipinski definition) is 3. The highest BCUT2D eigenvalue weighted by Crippen LogP contribution is 2.39. The van der Waals surface area contributed by atoms with E-state index in [-0.39, 0.29) is 4.93 Å². The highest BCUT2D eigenvalue weighted by atomic mass is 32.2. The molecule has 2 heterocycles. The molecule has 2 rings (SSSR count). The van der Waals surface area contributed by atoms with Gasteiger partial charge in [-0.15, -0.1) is 11.8 Å². The van der Waals surface area contributed by atoms with Gasteiger partial charge in [-0.1, -0.05) is 0 Å². The lowest BCUT2D eigenvalue weighted by Crippen LogP contribution is -2.39. The minimum absolute atomic E-state index is 0.227. The number of hydrogen-bond donors (Lipinski definition) is 1.